The molecule has 29 heavy (non-hydrogen) atoms. The number of carbonyl (C=O) groups excluding carboxylic acids is 2. The van der Waals surface area contributed by atoms with Crippen molar-refractivity contribution in [2.75, 3.05) is 20.4 Å². The summed E-state index contributed by atoms with van der Waals surface area (Å²) in [5, 5.41) is 3.23. The van der Waals surface area contributed by atoms with Crippen LogP contribution in [0.1, 0.15) is 44.6 Å². The van der Waals surface area contributed by atoms with E-state index in [1.165, 1.54) is 7.11 Å². The van der Waals surface area contributed by atoms with Gasteiger partial charge in [-0.05, 0) is 25.0 Å². The second-order valence-electron chi connectivity index (χ2n) is 6.60. The second kappa shape index (κ2) is 10.6. The molecule has 1 aliphatic rings. The van der Waals surface area contributed by atoms with Crippen molar-refractivity contribution in [2.24, 2.45) is 0 Å². The largest absolute Gasteiger partial charge is 0.466 e. The fourth-order valence-electron chi connectivity index (χ4n) is 3.27. The van der Waals surface area contributed by atoms with Crippen LogP contribution in [0.5, 0.6) is 0 Å². The van der Waals surface area contributed by atoms with Crippen LogP contribution in [-0.4, -0.2) is 32.3 Å². The highest BCUT2D eigenvalue weighted by atomic mass is 35.5. The van der Waals surface area contributed by atoms with Gasteiger partial charge in [-0.15, -0.1) is 0 Å². The molecular weight excluding hydrogens is 420 g/mol. The summed E-state index contributed by atoms with van der Waals surface area (Å²) in [5.41, 5.74) is 0.921. The lowest BCUT2D eigenvalue weighted by atomic mass is 9.80. The lowest BCUT2D eigenvalue weighted by Gasteiger charge is -2.31. The average molecular weight is 444 g/mol. The van der Waals surface area contributed by atoms with Gasteiger partial charge in [0.2, 0.25) is 0 Å². The van der Waals surface area contributed by atoms with E-state index < -0.39 is 24.5 Å². The Kier molecular flexibility index (Phi) is 8.53. The molecule has 1 aromatic rings. The van der Waals surface area contributed by atoms with Crippen molar-refractivity contribution in [3.8, 4) is 0 Å². The van der Waals surface area contributed by atoms with Gasteiger partial charge in [-0.25, -0.2) is 14.0 Å². The van der Waals surface area contributed by atoms with Gasteiger partial charge in [0.25, 0.3) is 0 Å². The molecule has 0 saturated heterocycles. The van der Waals surface area contributed by atoms with Crippen LogP contribution in [0.25, 0.3) is 0 Å². The Bertz CT molecular complexity index is 851. The van der Waals surface area contributed by atoms with Crippen molar-refractivity contribution < 1.29 is 23.5 Å². The number of hydrogen-bond donors (Lipinski definition) is 1. The highest BCUT2D eigenvalue weighted by Gasteiger charge is 2.40. The number of dihydropyridines is 1. The molecule has 0 radical (unpaired) electrons. The van der Waals surface area contributed by atoms with E-state index in [2.05, 4.69) is 5.32 Å². The van der Waals surface area contributed by atoms with Crippen LogP contribution in [0, 0.1) is 0 Å². The van der Waals surface area contributed by atoms with Gasteiger partial charge in [-0.3, -0.25) is 0 Å². The van der Waals surface area contributed by atoms with Crippen molar-refractivity contribution in [2.45, 2.75) is 39.0 Å². The zero-order chi connectivity index (χ0) is 21.6. The number of halogens is 3. The van der Waals surface area contributed by atoms with Gasteiger partial charge >= 0.3 is 11.9 Å². The Morgan fingerprint density at radius 2 is 1.90 bits per heavy atom. The van der Waals surface area contributed by atoms with E-state index in [4.69, 9.17) is 32.7 Å². The number of carbonyl (C=O) groups is 2. The minimum atomic E-state index is -0.973. The van der Waals surface area contributed by atoms with Gasteiger partial charge in [0, 0.05) is 5.70 Å². The average Bonchev–Trinajstić information content (AvgIpc) is 2.71. The molecule has 0 aliphatic carbocycles. The number of methoxy groups -OCH3 is 1. The first-order valence-electron chi connectivity index (χ1n) is 9.33. The van der Waals surface area contributed by atoms with E-state index in [0.717, 1.165) is 19.3 Å². The van der Waals surface area contributed by atoms with Crippen LogP contribution in [0.2, 0.25) is 10.0 Å². The lowest BCUT2D eigenvalue weighted by Crippen LogP contribution is -2.34. The van der Waals surface area contributed by atoms with E-state index >= 15 is 0 Å². The summed E-state index contributed by atoms with van der Waals surface area (Å²) in [6.07, 6.45) is 2.63. The molecule has 0 bridgehead atoms. The first-order chi connectivity index (χ1) is 13.9. The lowest BCUT2D eigenvalue weighted by molar-refractivity contribution is -0.139. The highest BCUT2D eigenvalue weighted by Crippen LogP contribution is 2.43. The maximum atomic E-state index is 13.8. The minimum Gasteiger partial charge on any atom is -0.466 e. The fourth-order valence-corrected chi connectivity index (χ4v) is 3.69. The SMILES string of the molecule is CCCCCOC(=O)C1=C(C)NC(CF)=C(C(=O)OC)C1c1cccc(Cl)c1Cl. The number of esters is 2. The van der Waals surface area contributed by atoms with Crippen LogP contribution >= 0.6 is 23.2 Å². The maximum Gasteiger partial charge on any atom is 0.336 e. The molecule has 8 heteroatoms. The van der Waals surface area contributed by atoms with Crippen molar-refractivity contribution in [1.82, 2.24) is 5.32 Å². The van der Waals surface area contributed by atoms with Gasteiger partial charge in [0.1, 0.15) is 6.67 Å². The standard InChI is InChI=1S/C21H24Cl2FNO4/c1-4-5-6-10-29-21(27)16-12(2)25-15(11-24)18(20(26)28-3)17(16)13-8-7-9-14(22)19(13)23/h7-9,17,25H,4-6,10-11H2,1-3H3. The van der Waals surface area contributed by atoms with E-state index in [9.17, 15) is 14.0 Å². The number of allylic oxidation sites excluding steroid dienone is 2. The molecule has 0 saturated carbocycles. The molecule has 1 aliphatic heterocycles. The Balaban J connectivity index is 2.59. The summed E-state index contributed by atoms with van der Waals surface area (Å²) in [7, 11) is 1.19. The first-order valence-corrected chi connectivity index (χ1v) is 10.1. The minimum absolute atomic E-state index is 0.0120. The molecule has 5 nitrogen and oxygen atoms in total. The number of unbranched alkanes of at least 4 members (excludes halogenated alkanes) is 2. The van der Waals surface area contributed by atoms with E-state index in [1.807, 2.05) is 6.92 Å². The van der Waals surface area contributed by atoms with E-state index in [1.54, 1.807) is 25.1 Å². The third-order valence-corrected chi connectivity index (χ3v) is 5.51. The maximum absolute atomic E-state index is 13.8. The van der Waals surface area contributed by atoms with Crippen LogP contribution in [0.4, 0.5) is 4.39 Å². The third-order valence-electron chi connectivity index (χ3n) is 4.68. The number of hydrogen-bond acceptors (Lipinski definition) is 5. The predicted molar refractivity (Wildman–Crippen MR) is 111 cm³/mol. The predicted octanol–water partition coefficient (Wildman–Crippen LogP) is 5.08. The van der Waals surface area contributed by atoms with Crippen molar-refractivity contribution in [3.63, 3.8) is 0 Å². The number of benzene rings is 1. The van der Waals surface area contributed by atoms with Gasteiger partial charge in [0.05, 0.1) is 46.5 Å². The Morgan fingerprint density at radius 1 is 1.17 bits per heavy atom. The number of rotatable bonds is 8. The molecule has 1 aromatic carbocycles. The van der Waals surface area contributed by atoms with Crippen molar-refractivity contribution >= 4 is 35.1 Å². The van der Waals surface area contributed by atoms with E-state index in [0.29, 0.717) is 11.3 Å². The second-order valence-corrected chi connectivity index (χ2v) is 7.39. The Morgan fingerprint density at radius 3 is 2.52 bits per heavy atom. The van der Waals surface area contributed by atoms with Crippen molar-refractivity contribution in [1.29, 1.82) is 0 Å². The van der Waals surface area contributed by atoms with Crippen LogP contribution < -0.4 is 5.32 Å². The van der Waals surface area contributed by atoms with Crippen LogP contribution in [0.15, 0.2) is 40.7 Å². The molecule has 1 heterocycles. The summed E-state index contributed by atoms with van der Waals surface area (Å²) >= 11 is 12.6. The van der Waals surface area contributed by atoms with Crippen molar-refractivity contribution in [3.05, 3.63) is 56.3 Å². The molecule has 0 amide bonds. The summed E-state index contributed by atoms with van der Waals surface area (Å²) in [6, 6.07) is 4.88. The van der Waals surface area contributed by atoms with E-state index in [-0.39, 0.29) is 33.5 Å². The topological polar surface area (TPSA) is 64.6 Å². The van der Waals surface area contributed by atoms with Gasteiger partial charge < -0.3 is 14.8 Å². The number of nitrogens with one attached hydrogen (secondary N) is 1. The van der Waals surface area contributed by atoms with Crippen LogP contribution in [-0.2, 0) is 19.1 Å². The molecule has 0 spiro atoms. The molecular formula is C21H24Cl2FNO4. The quantitative estimate of drug-likeness (QED) is 0.447. The molecule has 2 rings (SSSR count). The summed E-state index contributed by atoms with van der Waals surface area (Å²) in [5.74, 6) is -2.35. The fraction of sp³-hybridized carbons (Fsp3) is 0.429. The zero-order valence-electron chi connectivity index (χ0n) is 16.6. The summed E-state index contributed by atoms with van der Waals surface area (Å²) in [4.78, 5) is 25.5. The first kappa shape index (κ1) is 23.2. The Hall–Kier alpha value is -2.05. The smallest absolute Gasteiger partial charge is 0.336 e. The molecule has 1 unspecified atom stereocenters. The Labute approximate surface area is 179 Å². The summed E-state index contributed by atoms with van der Waals surface area (Å²) < 4.78 is 24.0. The van der Waals surface area contributed by atoms with Crippen LogP contribution in [0.3, 0.4) is 0 Å². The molecule has 158 valence electrons. The molecule has 1 atom stereocenters. The normalized spacial score (nSPS) is 16.6. The zero-order valence-corrected chi connectivity index (χ0v) is 18.1. The van der Waals surface area contributed by atoms with Gasteiger partial charge in [-0.2, -0.15) is 0 Å². The molecule has 1 N–H and O–H groups in total. The number of ether oxygens (including phenoxy) is 2. The third kappa shape index (κ3) is 5.11. The highest BCUT2D eigenvalue weighted by molar-refractivity contribution is 6.42. The summed E-state index contributed by atoms with van der Waals surface area (Å²) in [6.45, 7) is 2.96. The number of alkyl halides is 1. The monoisotopic (exact) mass is 443 g/mol. The van der Waals surface area contributed by atoms with Gasteiger partial charge in [0.15, 0.2) is 0 Å². The molecule has 0 fully saturated rings. The van der Waals surface area contributed by atoms with Gasteiger partial charge in [-0.1, -0.05) is 55.1 Å². The molecule has 0 aromatic heterocycles.